The summed E-state index contributed by atoms with van der Waals surface area (Å²) in [5.74, 6) is 0. The molecule has 1 saturated carbocycles. The van der Waals surface area contributed by atoms with Crippen LogP contribution >= 0.6 is 11.6 Å². The molecule has 118 valence electrons. The van der Waals surface area contributed by atoms with Crippen LogP contribution in [0.2, 0.25) is 5.02 Å². The zero-order valence-electron chi connectivity index (χ0n) is 12.1. The molecular formula is C14H20ClNO4S. The monoisotopic (exact) mass is 333 g/mol. The van der Waals surface area contributed by atoms with Crippen molar-refractivity contribution in [2.24, 2.45) is 0 Å². The van der Waals surface area contributed by atoms with Crippen molar-refractivity contribution in [2.45, 2.75) is 49.8 Å². The number of hydrogen-bond donors (Lipinski definition) is 2. The van der Waals surface area contributed by atoms with Gasteiger partial charge in [0.05, 0.1) is 17.6 Å². The highest BCUT2D eigenvalue weighted by atomic mass is 35.5. The fraction of sp³-hybridized carbons (Fsp3) is 0.571. The molecule has 5 nitrogen and oxygen atoms in total. The summed E-state index contributed by atoms with van der Waals surface area (Å²) >= 11 is 5.95. The molecule has 2 unspecified atom stereocenters. The second kappa shape index (κ2) is 6.62. The van der Waals surface area contributed by atoms with Crippen LogP contribution in [0, 0.1) is 6.92 Å². The maximum absolute atomic E-state index is 12.6. The summed E-state index contributed by atoms with van der Waals surface area (Å²) in [7, 11) is -2.11. The van der Waals surface area contributed by atoms with E-state index in [1.807, 2.05) is 0 Å². The van der Waals surface area contributed by atoms with Crippen molar-refractivity contribution in [3.8, 4) is 0 Å². The maximum Gasteiger partial charge on any atom is 0.241 e. The Hall–Kier alpha value is -0.660. The average molecular weight is 334 g/mol. The minimum absolute atomic E-state index is 0.100. The number of aliphatic hydroxyl groups is 1. The van der Waals surface area contributed by atoms with Crippen LogP contribution in [0.3, 0.4) is 0 Å². The van der Waals surface area contributed by atoms with Gasteiger partial charge in [0.15, 0.2) is 0 Å². The molecule has 0 spiro atoms. The first kappa shape index (κ1) is 16.7. The van der Waals surface area contributed by atoms with Crippen molar-refractivity contribution in [3.05, 3.63) is 28.3 Å². The maximum atomic E-state index is 12.6. The Labute approximate surface area is 130 Å². The molecule has 0 radical (unpaired) electrons. The molecule has 0 aliphatic heterocycles. The second-order valence-electron chi connectivity index (χ2n) is 5.28. The predicted octanol–water partition coefficient (Wildman–Crippen LogP) is 1.99. The zero-order chi connectivity index (χ0) is 15.6. The molecular weight excluding hydrogens is 314 g/mol. The van der Waals surface area contributed by atoms with E-state index in [2.05, 4.69) is 4.72 Å². The Balaban J connectivity index is 2.34. The Morgan fingerprint density at radius 2 is 2.14 bits per heavy atom. The lowest BCUT2D eigenvalue weighted by atomic mass is 10.1. The van der Waals surface area contributed by atoms with Crippen molar-refractivity contribution in [2.75, 3.05) is 7.11 Å². The third kappa shape index (κ3) is 3.57. The van der Waals surface area contributed by atoms with Gasteiger partial charge in [-0.25, -0.2) is 13.1 Å². The number of nitrogens with one attached hydrogen (secondary N) is 1. The van der Waals surface area contributed by atoms with Gasteiger partial charge in [-0.05, 0) is 49.4 Å². The van der Waals surface area contributed by atoms with Gasteiger partial charge in [0.25, 0.3) is 0 Å². The summed E-state index contributed by atoms with van der Waals surface area (Å²) in [5.41, 5.74) is 1.03. The van der Waals surface area contributed by atoms with E-state index >= 15 is 0 Å². The molecule has 1 aliphatic rings. The summed E-state index contributed by atoms with van der Waals surface area (Å²) in [6.07, 6.45) is 2.43. The molecule has 0 amide bonds. The van der Waals surface area contributed by atoms with Crippen LogP contribution in [-0.2, 0) is 21.4 Å². The van der Waals surface area contributed by atoms with E-state index in [1.165, 1.54) is 6.07 Å². The molecule has 0 saturated heterocycles. The van der Waals surface area contributed by atoms with Gasteiger partial charge >= 0.3 is 0 Å². The lowest BCUT2D eigenvalue weighted by Crippen LogP contribution is -2.40. The minimum Gasteiger partial charge on any atom is -0.392 e. The normalized spacial score (nSPS) is 22.7. The molecule has 1 fully saturated rings. The number of rotatable bonds is 5. The number of sulfonamides is 1. The van der Waals surface area contributed by atoms with Gasteiger partial charge in [-0.1, -0.05) is 11.6 Å². The lowest BCUT2D eigenvalue weighted by molar-refractivity contribution is 0.0916. The van der Waals surface area contributed by atoms with Crippen LogP contribution in [0.4, 0.5) is 0 Å². The number of aliphatic hydroxyl groups excluding tert-OH is 1. The molecule has 1 aromatic carbocycles. The van der Waals surface area contributed by atoms with Crippen molar-refractivity contribution in [3.63, 3.8) is 0 Å². The number of hydrogen-bond acceptors (Lipinski definition) is 4. The smallest absolute Gasteiger partial charge is 0.241 e. The molecule has 7 heteroatoms. The van der Waals surface area contributed by atoms with E-state index < -0.39 is 10.0 Å². The second-order valence-corrected chi connectivity index (χ2v) is 7.40. The predicted molar refractivity (Wildman–Crippen MR) is 80.9 cm³/mol. The van der Waals surface area contributed by atoms with Crippen molar-refractivity contribution in [1.29, 1.82) is 0 Å². The average Bonchev–Trinajstić information content (AvgIpc) is 2.87. The summed E-state index contributed by atoms with van der Waals surface area (Å²) in [5, 5.41) is 9.59. The van der Waals surface area contributed by atoms with Gasteiger partial charge < -0.3 is 9.84 Å². The van der Waals surface area contributed by atoms with Gasteiger partial charge in [-0.3, -0.25) is 0 Å². The summed E-state index contributed by atoms with van der Waals surface area (Å²) < 4.78 is 33.2. The third-order valence-electron chi connectivity index (χ3n) is 3.95. The van der Waals surface area contributed by atoms with Gasteiger partial charge in [-0.2, -0.15) is 0 Å². The van der Waals surface area contributed by atoms with E-state index in [-0.39, 0.29) is 23.6 Å². The molecule has 2 atom stereocenters. The molecule has 0 bridgehead atoms. The quantitative estimate of drug-likeness (QED) is 0.864. The highest BCUT2D eigenvalue weighted by Gasteiger charge is 2.32. The van der Waals surface area contributed by atoms with E-state index in [0.717, 1.165) is 19.3 Å². The van der Waals surface area contributed by atoms with Gasteiger partial charge in [0.1, 0.15) is 0 Å². The van der Waals surface area contributed by atoms with Crippen molar-refractivity contribution in [1.82, 2.24) is 4.72 Å². The Kier molecular flexibility index (Phi) is 5.27. The number of halogens is 1. The van der Waals surface area contributed by atoms with Gasteiger partial charge in [0, 0.05) is 18.2 Å². The molecule has 2 rings (SSSR count). The van der Waals surface area contributed by atoms with Crippen molar-refractivity contribution < 1.29 is 18.3 Å². The largest absolute Gasteiger partial charge is 0.392 e. The van der Waals surface area contributed by atoms with Crippen LogP contribution in [0.15, 0.2) is 17.0 Å². The first-order valence-corrected chi connectivity index (χ1v) is 8.70. The van der Waals surface area contributed by atoms with E-state index in [4.69, 9.17) is 16.3 Å². The molecule has 2 N–H and O–H groups in total. The van der Waals surface area contributed by atoms with E-state index in [9.17, 15) is 13.5 Å². The van der Waals surface area contributed by atoms with Crippen LogP contribution in [0.5, 0.6) is 0 Å². The molecule has 1 aromatic rings. The number of methoxy groups -OCH3 is 1. The molecule has 1 aliphatic carbocycles. The number of benzene rings is 1. The molecule has 21 heavy (non-hydrogen) atoms. The number of ether oxygens (including phenoxy) is 1. The van der Waals surface area contributed by atoms with E-state index in [1.54, 1.807) is 20.1 Å². The van der Waals surface area contributed by atoms with Gasteiger partial charge in [-0.15, -0.1) is 0 Å². The summed E-state index contributed by atoms with van der Waals surface area (Å²) in [6, 6.07) is 2.76. The van der Waals surface area contributed by atoms with Crippen LogP contribution < -0.4 is 4.72 Å². The fourth-order valence-corrected chi connectivity index (χ4v) is 4.67. The summed E-state index contributed by atoms with van der Waals surface area (Å²) in [6.45, 7) is 1.41. The highest BCUT2D eigenvalue weighted by molar-refractivity contribution is 7.89. The van der Waals surface area contributed by atoms with Crippen molar-refractivity contribution >= 4 is 21.6 Å². The topological polar surface area (TPSA) is 75.6 Å². The first-order valence-electron chi connectivity index (χ1n) is 6.84. The SMILES string of the molecule is COC1CCCC1NS(=O)(=O)c1cc(Cl)cc(CO)c1C. The highest BCUT2D eigenvalue weighted by Crippen LogP contribution is 2.27. The van der Waals surface area contributed by atoms with Crippen LogP contribution in [0.1, 0.15) is 30.4 Å². The van der Waals surface area contributed by atoms with E-state index in [0.29, 0.717) is 16.1 Å². The van der Waals surface area contributed by atoms with Gasteiger partial charge in [0.2, 0.25) is 10.0 Å². The lowest BCUT2D eigenvalue weighted by Gasteiger charge is -2.21. The standard InChI is InChI=1S/C14H20ClNO4S/c1-9-10(8-17)6-11(15)7-14(9)21(18,19)16-12-4-3-5-13(12)20-2/h6-7,12-13,16-17H,3-5,8H2,1-2H3. The minimum atomic E-state index is -3.70. The third-order valence-corrected chi connectivity index (χ3v) is 5.79. The summed E-state index contributed by atoms with van der Waals surface area (Å²) in [4.78, 5) is 0.112. The Morgan fingerprint density at radius 3 is 2.76 bits per heavy atom. The first-order chi connectivity index (χ1) is 9.89. The Morgan fingerprint density at radius 1 is 1.43 bits per heavy atom. The Bertz CT molecular complexity index is 618. The zero-order valence-corrected chi connectivity index (χ0v) is 13.7. The molecule has 0 heterocycles. The van der Waals surface area contributed by atoms with Crippen LogP contribution in [-0.4, -0.2) is 32.8 Å². The fourth-order valence-electron chi connectivity index (χ4n) is 2.76. The van der Waals surface area contributed by atoms with Crippen LogP contribution in [0.25, 0.3) is 0 Å². The molecule has 0 aromatic heterocycles.